The third kappa shape index (κ3) is 3.79. The first-order valence-corrected chi connectivity index (χ1v) is 15.0. The van der Waals surface area contributed by atoms with E-state index in [0.717, 1.165) is 57.8 Å². The first kappa shape index (κ1) is 27.4. The van der Waals surface area contributed by atoms with E-state index in [1.807, 2.05) is 0 Å². The van der Waals surface area contributed by atoms with E-state index in [1.165, 1.54) is 0 Å². The van der Waals surface area contributed by atoms with Crippen LogP contribution in [0.15, 0.2) is 0 Å². The maximum Gasteiger partial charge on any atom is 0.303 e. The molecule has 2 bridgehead atoms. The van der Waals surface area contributed by atoms with Gasteiger partial charge in [0.15, 0.2) is 6.29 Å². The molecule has 9 nitrogen and oxygen atoms in total. The van der Waals surface area contributed by atoms with Crippen molar-refractivity contribution in [2.75, 3.05) is 0 Å². The van der Waals surface area contributed by atoms with E-state index in [9.17, 15) is 20.1 Å². The van der Waals surface area contributed by atoms with Gasteiger partial charge in [0.1, 0.15) is 12.3 Å². The smallest absolute Gasteiger partial charge is 0.303 e. The van der Waals surface area contributed by atoms with Crippen LogP contribution in [0.25, 0.3) is 0 Å². The van der Waals surface area contributed by atoms with E-state index in [4.69, 9.17) is 25.7 Å². The van der Waals surface area contributed by atoms with Crippen molar-refractivity contribution in [2.24, 2.45) is 51.9 Å². The van der Waals surface area contributed by atoms with Crippen LogP contribution in [-0.2, 0) is 19.0 Å². The Labute approximate surface area is 225 Å². The number of hydrogen-bond acceptors (Lipinski definition) is 8. The molecule has 2 aliphatic heterocycles. The Morgan fingerprint density at radius 3 is 2.45 bits per heavy atom. The maximum absolute atomic E-state index is 11.6. The van der Waals surface area contributed by atoms with Gasteiger partial charge in [0, 0.05) is 11.3 Å². The Kier molecular flexibility index (Phi) is 6.74. The van der Waals surface area contributed by atoms with Crippen LogP contribution < -0.4 is 11.5 Å². The number of carboxylic acids is 1. The summed E-state index contributed by atoms with van der Waals surface area (Å²) in [5, 5.41) is 30.3. The molecule has 6 fully saturated rings. The second-order valence-corrected chi connectivity index (χ2v) is 14.1. The number of fused-ring (bicyclic) bond motifs is 3. The highest BCUT2D eigenvalue weighted by molar-refractivity contribution is 5.67. The van der Waals surface area contributed by atoms with E-state index in [2.05, 4.69) is 13.8 Å². The van der Waals surface area contributed by atoms with E-state index < -0.39 is 42.8 Å². The van der Waals surface area contributed by atoms with Crippen LogP contribution in [0.2, 0.25) is 0 Å². The Hall–Kier alpha value is -0.810. The fourth-order valence-corrected chi connectivity index (χ4v) is 10.7. The quantitative estimate of drug-likeness (QED) is 0.340. The number of hydrogen-bond donors (Lipinski definition) is 5. The number of nitrogens with two attached hydrogens (primary N) is 2. The minimum atomic E-state index is -1.05. The van der Waals surface area contributed by atoms with Gasteiger partial charge in [-0.2, -0.15) is 0 Å². The third-order valence-corrected chi connectivity index (χ3v) is 12.7. The molecular formula is C29H48N2O7. The van der Waals surface area contributed by atoms with Gasteiger partial charge in [0.25, 0.3) is 0 Å². The largest absolute Gasteiger partial charge is 0.481 e. The van der Waals surface area contributed by atoms with Crippen LogP contribution >= 0.6 is 0 Å². The summed E-state index contributed by atoms with van der Waals surface area (Å²) in [5.74, 6) is 0.944. The lowest BCUT2D eigenvalue weighted by Gasteiger charge is -2.67. The SMILES string of the molecule is C[C@H]1O[C@H](O[C@@H]2CC[C@@]3(C)[C@H](CC[C@@H]4[C@@H]3CC[C@]3(C)[C@@H]5CC[C@]43O[C@@H](N)[C@H]5CC(=O)O)C2)[C@@H](O)[C@@H](N)[C@@H]1O. The molecule has 6 rings (SSSR count). The molecule has 0 amide bonds. The topological polar surface area (TPSA) is 157 Å². The number of ether oxygens (including phenoxy) is 3. The number of aliphatic hydroxyl groups excluding tert-OH is 2. The summed E-state index contributed by atoms with van der Waals surface area (Å²) in [6, 6.07) is -0.781. The molecule has 2 heterocycles. The molecule has 4 aliphatic carbocycles. The summed E-state index contributed by atoms with van der Waals surface area (Å²) in [4.78, 5) is 11.6. The molecule has 0 aromatic heterocycles. The van der Waals surface area contributed by atoms with E-state index in [1.54, 1.807) is 6.92 Å². The lowest BCUT2D eigenvalue weighted by molar-refractivity contribution is -0.300. The van der Waals surface area contributed by atoms with Gasteiger partial charge >= 0.3 is 5.97 Å². The standard InChI is InChI=1S/C29H48N2O7/c1-14-23(34)22(30)24(35)26(36-14)37-16-6-9-27(2)15(12-16)4-5-20-19(27)7-10-28(3)18-8-11-29(20,28)38-25(31)17(18)13-21(32)33/h14-20,22-26,34-35H,4-13,30-31H2,1-3H3,(H,32,33)/t14-,15-,16-,17+,18-,19+,20-,22+,23-,24+,25-,26-,27+,28-,29+/m1/s1. The zero-order chi connectivity index (χ0) is 27.2. The second-order valence-electron chi connectivity index (χ2n) is 14.1. The van der Waals surface area contributed by atoms with Crippen LogP contribution in [0.4, 0.5) is 0 Å². The van der Waals surface area contributed by atoms with Crippen LogP contribution in [-0.4, -0.2) is 69.9 Å². The monoisotopic (exact) mass is 536 g/mol. The van der Waals surface area contributed by atoms with Gasteiger partial charge in [-0.05, 0) is 93.8 Å². The Morgan fingerprint density at radius 2 is 1.71 bits per heavy atom. The molecule has 0 aromatic rings. The van der Waals surface area contributed by atoms with Crippen molar-refractivity contribution >= 4 is 5.97 Å². The average molecular weight is 537 g/mol. The first-order valence-electron chi connectivity index (χ1n) is 15.0. The van der Waals surface area contributed by atoms with Crippen molar-refractivity contribution < 1.29 is 34.3 Å². The Balaban J connectivity index is 1.18. The van der Waals surface area contributed by atoms with Gasteiger partial charge in [-0.25, -0.2) is 0 Å². The summed E-state index contributed by atoms with van der Waals surface area (Å²) >= 11 is 0. The van der Waals surface area contributed by atoms with E-state index in [0.29, 0.717) is 23.7 Å². The van der Waals surface area contributed by atoms with Gasteiger partial charge in [0.2, 0.25) is 0 Å². The van der Waals surface area contributed by atoms with Crippen molar-refractivity contribution in [3.05, 3.63) is 0 Å². The minimum absolute atomic E-state index is 0.00192. The zero-order valence-electron chi connectivity index (χ0n) is 23.1. The van der Waals surface area contributed by atoms with Gasteiger partial charge < -0.3 is 41.0 Å². The van der Waals surface area contributed by atoms with Crippen molar-refractivity contribution in [2.45, 2.75) is 134 Å². The molecule has 0 radical (unpaired) electrons. The summed E-state index contributed by atoms with van der Waals surface area (Å²) in [6.45, 7) is 6.62. The highest BCUT2D eigenvalue weighted by atomic mass is 16.7. The number of aliphatic carboxylic acids is 1. The molecule has 38 heavy (non-hydrogen) atoms. The molecule has 4 saturated carbocycles. The van der Waals surface area contributed by atoms with Crippen LogP contribution in [0.5, 0.6) is 0 Å². The summed E-state index contributed by atoms with van der Waals surface area (Å²) in [6.07, 6.45) is 5.69. The first-order chi connectivity index (χ1) is 17.9. The summed E-state index contributed by atoms with van der Waals surface area (Å²) in [5.41, 5.74) is 12.5. The van der Waals surface area contributed by atoms with E-state index >= 15 is 0 Å². The molecule has 7 N–H and O–H groups in total. The van der Waals surface area contributed by atoms with Gasteiger partial charge in [-0.3, -0.25) is 4.79 Å². The lowest BCUT2D eigenvalue weighted by atomic mass is 9.42. The predicted molar refractivity (Wildman–Crippen MR) is 138 cm³/mol. The summed E-state index contributed by atoms with van der Waals surface area (Å²) in [7, 11) is 0. The normalized spacial score (nSPS) is 58.0. The lowest BCUT2D eigenvalue weighted by Crippen LogP contribution is -2.68. The molecule has 15 atom stereocenters. The second kappa shape index (κ2) is 9.36. The van der Waals surface area contributed by atoms with Gasteiger partial charge in [-0.15, -0.1) is 0 Å². The third-order valence-electron chi connectivity index (χ3n) is 12.7. The maximum atomic E-state index is 11.6. The Bertz CT molecular complexity index is 937. The van der Waals surface area contributed by atoms with Crippen molar-refractivity contribution in [1.29, 1.82) is 0 Å². The van der Waals surface area contributed by atoms with E-state index in [-0.39, 0.29) is 34.9 Å². The predicted octanol–water partition coefficient (Wildman–Crippen LogP) is 2.35. The summed E-state index contributed by atoms with van der Waals surface area (Å²) < 4.78 is 19.0. The number of aliphatic hydroxyl groups is 2. The molecule has 2 saturated heterocycles. The molecule has 6 aliphatic rings. The number of carbonyl (C=O) groups is 1. The molecular weight excluding hydrogens is 488 g/mol. The van der Waals surface area contributed by atoms with Crippen LogP contribution in [0.1, 0.15) is 85.0 Å². The molecule has 0 aromatic carbocycles. The number of rotatable bonds is 4. The van der Waals surface area contributed by atoms with Crippen molar-refractivity contribution in [3.8, 4) is 0 Å². The molecule has 9 heteroatoms. The van der Waals surface area contributed by atoms with Crippen molar-refractivity contribution in [3.63, 3.8) is 0 Å². The highest BCUT2D eigenvalue weighted by Crippen LogP contribution is 2.73. The Morgan fingerprint density at radius 1 is 0.974 bits per heavy atom. The van der Waals surface area contributed by atoms with Gasteiger partial charge in [0.05, 0.1) is 36.4 Å². The van der Waals surface area contributed by atoms with Crippen LogP contribution in [0, 0.1) is 40.4 Å². The average Bonchev–Trinajstić information content (AvgIpc) is 3.07. The zero-order valence-corrected chi connectivity index (χ0v) is 23.1. The van der Waals surface area contributed by atoms with Crippen molar-refractivity contribution in [1.82, 2.24) is 0 Å². The number of carboxylic acid groups (broad SMARTS) is 1. The van der Waals surface area contributed by atoms with Crippen LogP contribution in [0.3, 0.4) is 0 Å². The molecule has 216 valence electrons. The minimum Gasteiger partial charge on any atom is -0.481 e. The highest BCUT2D eigenvalue weighted by Gasteiger charge is 2.72. The molecule has 0 unspecified atom stereocenters. The molecule has 0 spiro atoms. The van der Waals surface area contributed by atoms with Gasteiger partial charge in [-0.1, -0.05) is 13.8 Å². The fraction of sp³-hybridized carbons (Fsp3) is 0.966. The fourth-order valence-electron chi connectivity index (χ4n) is 10.7.